The Bertz CT molecular complexity index is 491. The van der Waals surface area contributed by atoms with Gasteiger partial charge in [0.25, 0.3) is 6.01 Å². The molecule has 0 aliphatic carbocycles. The van der Waals surface area contributed by atoms with Crippen LogP contribution in [0.3, 0.4) is 0 Å². The number of aromatic nitrogens is 1. The fraction of sp³-hybridized carbons (Fsp3) is 0.308. The van der Waals surface area contributed by atoms with Gasteiger partial charge >= 0.3 is 0 Å². The number of hydrogen-bond acceptors (Lipinski definition) is 5. The molecule has 1 aromatic heterocycles. The summed E-state index contributed by atoms with van der Waals surface area (Å²) < 4.78 is 10.6. The highest BCUT2D eigenvalue weighted by molar-refractivity contribution is 5.53. The van der Waals surface area contributed by atoms with Crippen molar-refractivity contribution in [1.29, 1.82) is 0 Å². The standard InChI is InChI=1S/C13H17N3O2/c1-3-17-11-6-4-10(5-7-11)15-13-16-12(8-18-13)9(2)14/h4-9H,3,14H2,1-2H3,(H,15,16). The third kappa shape index (κ3) is 3.01. The van der Waals surface area contributed by atoms with Crippen LogP contribution >= 0.6 is 0 Å². The van der Waals surface area contributed by atoms with Crippen molar-refractivity contribution in [3.8, 4) is 5.75 Å². The molecule has 5 heteroatoms. The minimum absolute atomic E-state index is 0.135. The summed E-state index contributed by atoms with van der Waals surface area (Å²) in [6.07, 6.45) is 1.56. The average molecular weight is 247 g/mol. The van der Waals surface area contributed by atoms with E-state index in [1.54, 1.807) is 6.26 Å². The lowest BCUT2D eigenvalue weighted by atomic mass is 10.3. The molecule has 96 valence electrons. The average Bonchev–Trinajstić information content (AvgIpc) is 2.81. The summed E-state index contributed by atoms with van der Waals surface area (Å²) in [5, 5.41) is 3.06. The van der Waals surface area contributed by atoms with Crippen LogP contribution < -0.4 is 15.8 Å². The molecule has 0 saturated heterocycles. The smallest absolute Gasteiger partial charge is 0.299 e. The molecule has 1 heterocycles. The zero-order valence-corrected chi connectivity index (χ0v) is 10.5. The second-order valence-electron chi connectivity index (χ2n) is 3.95. The van der Waals surface area contributed by atoms with E-state index in [1.807, 2.05) is 38.1 Å². The fourth-order valence-electron chi connectivity index (χ4n) is 1.48. The Morgan fingerprint density at radius 1 is 1.39 bits per heavy atom. The molecule has 0 amide bonds. The van der Waals surface area contributed by atoms with Crippen LogP contribution in [0.1, 0.15) is 25.6 Å². The molecular weight excluding hydrogens is 230 g/mol. The maximum Gasteiger partial charge on any atom is 0.299 e. The molecule has 1 aromatic carbocycles. The number of ether oxygens (including phenoxy) is 1. The van der Waals surface area contributed by atoms with Crippen LogP contribution in [0, 0.1) is 0 Å². The topological polar surface area (TPSA) is 73.3 Å². The Morgan fingerprint density at radius 2 is 2.11 bits per heavy atom. The van der Waals surface area contributed by atoms with E-state index in [2.05, 4.69) is 10.3 Å². The molecule has 18 heavy (non-hydrogen) atoms. The van der Waals surface area contributed by atoms with Gasteiger partial charge in [0.15, 0.2) is 0 Å². The fourth-order valence-corrected chi connectivity index (χ4v) is 1.48. The lowest BCUT2D eigenvalue weighted by Crippen LogP contribution is -2.05. The van der Waals surface area contributed by atoms with E-state index in [1.165, 1.54) is 0 Å². The number of nitrogens with one attached hydrogen (secondary N) is 1. The zero-order valence-electron chi connectivity index (χ0n) is 10.5. The predicted molar refractivity (Wildman–Crippen MR) is 70.0 cm³/mol. The van der Waals surface area contributed by atoms with E-state index in [4.69, 9.17) is 14.9 Å². The number of hydrogen-bond donors (Lipinski definition) is 2. The third-order valence-corrected chi connectivity index (χ3v) is 2.41. The zero-order chi connectivity index (χ0) is 13.0. The van der Waals surface area contributed by atoms with Crippen LogP contribution in [0.2, 0.25) is 0 Å². The Morgan fingerprint density at radius 3 is 2.67 bits per heavy atom. The van der Waals surface area contributed by atoms with Crippen molar-refractivity contribution in [2.75, 3.05) is 11.9 Å². The number of nitrogens with two attached hydrogens (primary N) is 1. The van der Waals surface area contributed by atoms with Gasteiger partial charge in [0, 0.05) is 11.7 Å². The van der Waals surface area contributed by atoms with E-state index in [-0.39, 0.29) is 6.04 Å². The van der Waals surface area contributed by atoms with Gasteiger partial charge in [-0.25, -0.2) is 0 Å². The van der Waals surface area contributed by atoms with Crippen molar-refractivity contribution in [3.05, 3.63) is 36.2 Å². The molecule has 5 nitrogen and oxygen atoms in total. The Kier molecular flexibility index (Phi) is 3.84. The molecule has 2 aromatic rings. The summed E-state index contributed by atoms with van der Waals surface area (Å²) in [5.74, 6) is 0.840. The number of oxazole rings is 1. The second-order valence-corrected chi connectivity index (χ2v) is 3.95. The molecule has 0 aliphatic heterocycles. The third-order valence-electron chi connectivity index (χ3n) is 2.41. The molecule has 2 rings (SSSR count). The van der Waals surface area contributed by atoms with Crippen molar-refractivity contribution in [3.63, 3.8) is 0 Å². The summed E-state index contributed by atoms with van der Waals surface area (Å²) in [6, 6.07) is 7.89. The molecule has 1 unspecified atom stereocenters. The molecule has 3 N–H and O–H groups in total. The van der Waals surface area contributed by atoms with E-state index in [0.29, 0.717) is 12.6 Å². The van der Waals surface area contributed by atoms with Crippen LogP contribution in [-0.4, -0.2) is 11.6 Å². The molecule has 0 saturated carbocycles. The first kappa shape index (κ1) is 12.4. The van der Waals surface area contributed by atoms with Crippen LogP contribution in [0.15, 0.2) is 34.9 Å². The lowest BCUT2D eigenvalue weighted by Gasteiger charge is -2.04. The van der Waals surface area contributed by atoms with Crippen molar-refractivity contribution in [1.82, 2.24) is 4.98 Å². The van der Waals surface area contributed by atoms with Gasteiger partial charge in [-0.15, -0.1) is 0 Å². The molecule has 1 atom stereocenters. The van der Waals surface area contributed by atoms with Crippen molar-refractivity contribution in [2.24, 2.45) is 5.73 Å². The van der Waals surface area contributed by atoms with Gasteiger partial charge in [0.1, 0.15) is 12.0 Å². The maximum absolute atomic E-state index is 5.71. The highest BCUT2D eigenvalue weighted by atomic mass is 16.5. The van der Waals surface area contributed by atoms with E-state index in [0.717, 1.165) is 17.1 Å². The van der Waals surface area contributed by atoms with E-state index >= 15 is 0 Å². The van der Waals surface area contributed by atoms with Gasteiger partial charge in [-0.3, -0.25) is 0 Å². The summed E-state index contributed by atoms with van der Waals surface area (Å²) in [7, 11) is 0. The summed E-state index contributed by atoms with van der Waals surface area (Å²) in [5.41, 5.74) is 7.32. The molecule has 0 radical (unpaired) electrons. The number of anilines is 2. The van der Waals surface area contributed by atoms with Crippen molar-refractivity contribution in [2.45, 2.75) is 19.9 Å². The minimum Gasteiger partial charge on any atom is -0.494 e. The van der Waals surface area contributed by atoms with Gasteiger partial charge in [-0.1, -0.05) is 0 Å². The molecule has 0 spiro atoms. The Hall–Kier alpha value is -2.01. The Labute approximate surface area is 106 Å². The molecule has 0 aliphatic rings. The largest absolute Gasteiger partial charge is 0.494 e. The van der Waals surface area contributed by atoms with Crippen molar-refractivity contribution >= 4 is 11.7 Å². The first-order chi connectivity index (χ1) is 8.69. The van der Waals surface area contributed by atoms with Crippen LogP contribution in [0.25, 0.3) is 0 Å². The van der Waals surface area contributed by atoms with Gasteiger partial charge in [0.05, 0.1) is 12.3 Å². The van der Waals surface area contributed by atoms with Crippen LogP contribution in [0.5, 0.6) is 5.75 Å². The van der Waals surface area contributed by atoms with Gasteiger partial charge in [0.2, 0.25) is 0 Å². The van der Waals surface area contributed by atoms with Gasteiger partial charge in [-0.05, 0) is 38.1 Å². The molecule has 0 bridgehead atoms. The second kappa shape index (κ2) is 5.55. The predicted octanol–water partition coefficient (Wildman–Crippen LogP) is 2.84. The monoisotopic (exact) mass is 247 g/mol. The first-order valence-corrected chi connectivity index (χ1v) is 5.90. The van der Waals surface area contributed by atoms with Gasteiger partial charge in [-0.2, -0.15) is 4.98 Å². The minimum atomic E-state index is -0.135. The van der Waals surface area contributed by atoms with Gasteiger partial charge < -0.3 is 20.2 Å². The quantitative estimate of drug-likeness (QED) is 0.849. The number of rotatable bonds is 5. The summed E-state index contributed by atoms with van der Waals surface area (Å²) in [4.78, 5) is 4.23. The SMILES string of the molecule is CCOc1ccc(Nc2nc(C(C)N)co2)cc1. The van der Waals surface area contributed by atoms with Crippen molar-refractivity contribution < 1.29 is 9.15 Å². The molecular formula is C13H17N3O2. The highest BCUT2D eigenvalue weighted by Crippen LogP contribution is 2.20. The number of benzene rings is 1. The van der Waals surface area contributed by atoms with Crippen LogP contribution in [-0.2, 0) is 0 Å². The Balaban J connectivity index is 2.03. The first-order valence-electron chi connectivity index (χ1n) is 5.90. The van der Waals surface area contributed by atoms with E-state index in [9.17, 15) is 0 Å². The normalized spacial score (nSPS) is 12.2. The van der Waals surface area contributed by atoms with Crippen LogP contribution in [0.4, 0.5) is 11.7 Å². The summed E-state index contributed by atoms with van der Waals surface area (Å²) in [6.45, 7) is 4.47. The lowest BCUT2D eigenvalue weighted by molar-refractivity contribution is 0.340. The number of nitrogens with zero attached hydrogens (tertiary/aromatic N) is 1. The highest BCUT2D eigenvalue weighted by Gasteiger charge is 2.07. The summed E-state index contributed by atoms with van der Waals surface area (Å²) >= 11 is 0. The molecule has 0 fully saturated rings. The maximum atomic E-state index is 5.71. The van der Waals surface area contributed by atoms with E-state index < -0.39 is 0 Å².